The van der Waals surface area contributed by atoms with Gasteiger partial charge in [0.15, 0.2) is 0 Å². The SMILES string of the molecule is CCCCCCCCCOc1ccc(-c2ccc(C(=O)O)cc2-c2ccc(C(=O)O[C@H](C)CCCC(C)C)c(F)c2)cc1. The maximum absolute atomic E-state index is 15.3. The molecule has 0 aliphatic rings. The Bertz CT molecular complexity index is 1320. The Morgan fingerprint density at radius 2 is 1.44 bits per heavy atom. The number of carbonyl (C=O) groups excluding carboxylic acids is 1. The summed E-state index contributed by atoms with van der Waals surface area (Å²) in [6.07, 6.45) is 10.9. The average molecular weight is 591 g/mol. The van der Waals surface area contributed by atoms with E-state index in [2.05, 4.69) is 20.8 Å². The first-order valence-corrected chi connectivity index (χ1v) is 15.8. The minimum Gasteiger partial charge on any atom is -0.494 e. The zero-order chi connectivity index (χ0) is 31.2. The number of benzene rings is 3. The number of carbonyl (C=O) groups is 2. The average Bonchev–Trinajstić information content (AvgIpc) is 2.98. The van der Waals surface area contributed by atoms with Crippen LogP contribution in [-0.2, 0) is 4.74 Å². The van der Waals surface area contributed by atoms with Gasteiger partial charge in [0.25, 0.3) is 0 Å². The zero-order valence-electron chi connectivity index (χ0n) is 26.2. The number of carboxylic acid groups (broad SMARTS) is 1. The van der Waals surface area contributed by atoms with Crippen LogP contribution < -0.4 is 4.74 Å². The van der Waals surface area contributed by atoms with E-state index in [1.54, 1.807) is 12.1 Å². The molecule has 0 saturated heterocycles. The molecule has 0 aromatic heterocycles. The molecule has 1 atom stereocenters. The van der Waals surface area contributed by atoms with Crippen LogP contribution in [0.1, 0.15) is 113 Å². The highest BCUT2D eigenvalue weighted by Crippen LogP contribution is 2.35. The smallest absolute Gasteiger partial charge is 0.341 e. The molecule has 0 spiro atoms. The van der Waals surface area contributed by atoms with Gasteiger partial charge in [0.1, 0.15) is 11.6 Å². The van der Waals surface area contributed by atoms with E-state index in [1.807, 2.05) is 31.2 Å². The molecule has 0 fully saturated rings. The van der Waals surface area contributed by atoms with Crippen LogP contribution in [-0.4, -0.2) is 29.8 Å². The second-order valence-electron chi connectivity index (χ2n) is 11.8. The van der Waals surface area contributed by atoms with Gasteiger partial charge in [-0.2, -0.15) is 0 Å². The summed E-state index contributed by atoms with van der Waals surface area (Å²) < 4.78 is 26.7. The zero-order valence-corrected chi connectivity index (χ0v) is 26.2. The van der Waals surface area contributed by atoms with Crippen LogP contribution in [0.4, 0.5) is 4.39 Å². The molecule has 0 amide bonds. The molecule has 3 aromatic rings. The van der Waals surface area contributed by atoms with E-state index in [1.165, 1.54) is 56.4 Å². The molecule has 0 unspecified atom stereocenters. The molecule has 232 valence electrons. The van der Waals surface area contributed by atoms with E-state index in [9.17, 15) is 14.7 Å². The highest BCUT2D eigenvalue weighted by molar-refractivity contribution is 5.95. The van der Waals surface area contributed by atoms with Crippen molar-refractivity contribution >= 4 is 11.9 Å². The summed E-state index contributed by atoms with van der Waals surface area (Å²) >= 11 is 0. The third kappa shape index (κ3) is 10.8. The van der Waals surface area contributed by atoms with Crippen LogP contribution in [0.5, 0.6) is 5.75 Å². The van der Waals surface area contributed by atoms with Crippen LogP contribution in [0.15, 0.2) is 60.7 Å². The Balaban J connectivity index is 1.72. The normalized spacial score (nSPS) is 11.9. The minimum absolute atomic E-state index is 0.0903. The summed E-state index contributed by atoms with van der Waals surface area (Å²) in [5.41, 5.74) is 2.56. The third-order valence-corrected chi connectivity index (χ3v) is 7.65. The van der Waals surface area contributed by atoms with Gasteiger partial charge in [0.05, 0.1) is 23.8 Å². The van der Waals surface area contributed by atoms with E-state index in [0.29, 0.717) is 23.7 Å². The van der Waals surface area contributed by atoms with E-state index < -0.39 is 17.8 Å². The van der Waals surface area contributed by atoms with Gasteiger partial charge >= 0.3 is 11.9 Å². The molecule has 0 heterocycles. The highest BCUT2D eigenvalue weighted by Gasteiger charge is 2.19. The quantitative estimate of drug-likeness (QED) is 0.118. The summed E-state index contributed by atoms with van der Waals surface area (Å²) in [6, 6.07) is 16.7. The second kappa shape index (κ2) is 17.4. The fourth-order valence-electron chi connectivity index (χ4n) is 5.11. The number of halogens is 1. The molecule has 0 aliphatic heterocycles. The molecule has 0 aliphatic carbocycles. The molecular weight excluding hydrogens is 543 g/mol. The molecule has 1 N–H and O–H groups in total. The number of aromatic carboxylic acids is 1. The van der Waals surface area contributed by atoms with Crippen LogP contribution >= 0.6 is 0 Å². The molecule has 0 radical (unpaired) electrons. The number of ether oxygens (including phenoxy) is 2. The van der Waals surface area contributed by atoms with E-state index in [0.717, 1.165) is 49.0 Å². The predicted molar refractivity (Wildman–Crippen MR) is 171 cm³/mol. The first-order chi connectivity index (χ1) is 20.7. The summed E-state index contributed by atoms with van der Waals surface area (Å²) in [7, 11) is 0. The van der Waals surface area contributed by atoms with Crippen molar-refractivity contribution in [3.63, 3.8) is 0 Å². The maximum atomic E-state index is 15.3. The van der Waals surface area contributed by atoms with Gasteiger partial charge in [-0.05, 0) is 90.8 Å². The van der Waals surface area contributed by atoms with Crippen molar-refractivity contribution in [2.45, 2.75) is 98.0 Å². The van der Waals surface area contributed by atoms with Crippen molar-refractivity contribution < 1.29 is 28.6 Å². The van der Waals surface area contributed by atoms with Crippen molar-refractivity contribution in [2.24, 2.45) is 5.92 Å². The fraction of sp³-hybridized carbons (Fsp3) is 0.459. The number of hydrogen-bond acceptors (Lipinski definition) is 4. The molecule has 0 saturated carbocycles. The molecule has 5 nitrogen and oxygen atoms in total. The van der Waals surface area contributed by atoms with Gasteiger partial charge in [0.2, 0.25) is 0 Å². The van der Waals surface area contributed by atoms with Crippen molar-refractivity contribution in [2.75, 3.05) is 6.61 Å². The Morgan fingerprint density at radius 1 is 0.767 bits per heavy atom. The molecule has 43 heavy (non-hydrogen) atoms. The molecule has 3 rings (SSSR count). The highest BCUT2D eigenvalue weighted by atomic mass is 19.1. The van der Waals surface area contributed by atoms with Gasteiger partial charge in [-0.1, -0.05) is 90.0 Å². The fourth-order valence-corrected chi connectivity index (χ4v) is 5.11. The Kier molecular flexibility index (Phi) is 13.7. The van der Waals surface area contributed by atoms with Gasteiger partial charge < -0.3 is 14.6 Å². The number of carboxylic acids is 1. The number of rotatable bonds is 18. The van der Waals surface area contributed by atoms with Gasteiger partial charge in [0, 0.05) is 0 Å². The lowest BCUT2D eigenvalue weighted by Gasteiger charge is -2.15. The Morgan fingerprint density at radius 3 is 2.09 bits per heavy atom. The van der Waals surface area contributed by atoms with Crippen molar-refractivity contribution in [1.29, 1.82) is 0 Å². The maximum Gasteiger partial charge on any atom is 0.341 e. The van der Waals surface area contributed by atoms with E-state index >= 15 is 4.39 Å². The van der Waals surface area contributed by atoms with Crippen LogP contribution in [0, 0.1) is 11.7 Å². The standard InChI is InChI=1S/C37H47FO5/c1-5-6-7-8-9-10-11-23-42-31-19-15-28(16-20-31)32-21-18-30(36(39)40)24-34(32)29-17-22-33(35(38)25-29)37(41)43-27(4)14-12-13-26(2)3/h15-22,24-27H,5-14,23H2,1-4H3,(H,39,40)/t27-/m1/s1. The van der Waals surface area contributed by atoms with Crippen molar-refractivity contribution in [3.8, 4) is 28.0 Å². The van der Waals surface area contributed by atoms with Gasteiger partial charge in [-0.25, -0.2) is 14.0 Å². The van der Waals surface area contributed by atoms with Crippen molar-refractivity contribution in [3.05, 3.63) is 77.6 Å². The van der Waals surface area contributed by atoms with Gasteiger partial charge in [-0.15, -0.1) is 0 Å². The van der Waals surface area contributed by atoms with Crippen molar-refractivity contribution in [1.82, 2.24) is 0 Å². The lowest BCUT2D eigenvalue weighted by Crippen LogP contribution is -2.16. The molecular formula is C37H47FO5. The monoisotopic (exact) mass is 590 g/mol. The predicted octanol–water partition coefficient (Wildman–Crippen LogP) is 10.4. The van der Waals surface area contributed by atoms with Crippen LogP contribution in [0.3, 0.4) is 0 Å². The first-order valence-electron chi connectivity index (χ1n) is 15.8. The summed E-state index contributed by atoms with van der Waals surface area (Å²) in [5.74, 6) is -1.14. The van der Waals surface area contributed by atoms with E-state index in [4.69, 9.17) is 9.47 Å². The summed E-state index contributed by atoms with van der Waals surface area (Å²) in [5, 5.41) is 9.62. The second-order valence-corrected chi connectivity index (χ2v) is 11.8. The Hall–Kier alpha value is -3.67. The Labute approximate surface area is 256 Å². The van der Waals surface area contributed by atoms with E-state index in [-0.39, 0.29) is 17.2 Å². The van der Waals surface area contributed by atoms with Crippen LogP contribution in [0.25, 0.3) is 22.3 Å². The van der Waals surface area contributed by atoms with Crippen LogP contribution in [0.2, 0.25) is 0 Å². The van der Waals surface area contributed by atoms with Gasteiger partial charge in [-0.3, -0.25) is 0 Å². The lowest BCUT2D eigenvalue weighted by atomic mass is 9.92. The molecule has 3 aromatic carbocycles. The third-order valence-electron chi connectivity index (χ3n) is 7.65. The molecule has 0 bridgehead atoms. The topological polar surface area (TPSA) is 72.8 Å². The summed E-state index contributed by atoms with van der Waals surface area (Å²) in [6.45, 7) is 9.00. The lowest BCUT2D eigenvalue weighted by molar-refractivity contribution is 0.0312. The first kappa shape index (κ1) is 33.8. The molecule has 6 heteroatoms. The largest absolute Gasteiger partial charge is 0.494 e. The minimum atomic E-state index is -1.07. The summed E-state index contributed by atoms with van der Waals surface area (Å²) in [4.78, 5) is 24.5. The number of esters is 1. The number of hydrogen-bond donors (Lipinski definition) is 1. The number of unbranched alkanes of at least 4 members (excludes halogenated alkanes) is 6.